The number of alkyl halides is 1. The highest BCUT2D eigenvalue weighted by atomic mass is 35.5. The van der Waals surface area contributed by atoms with Gasteiger partial charge in [0.05, 0.1) is 11.0 Å². The van der Waals surface area contributed by atoms with Crippen LogP contribution < -0.4 is 0 Å². The molecule has 0 N–H and O–H groups in total. The summed E-state index contributed by atoms with van der Waals surface area (Å²) >= 11 is 5.96. The highest BCUT2D eigenvalue weighted by molar-refractivity contribution is 6.33. The largest absolute Gasteiger partial charge is 0.292 e. The standard InChI is InChI=1S/C14H8ClF2NO3/c15-13(8-1-3-10(16)4-2-8)14(19)9-5-11(17)7-12(6-9)18(20)21/h1-7,13H. The molecule has 108 valence electrons. The number of hydrogen-bond acceptors (Lipinski definition) is 3. The molecule has 2 rings (SSSR count). The molecule has 0 aromatic heterocycles. The van der Waals surface area contributed by atoms with Crippen LogP contribution in [0.5, 0.6) is 0 Å². The van der Waals surface area contributed by atoms with Gasteiger partial charge in [0, 0.05) is 11.6 Å². The second-order valence-corrected chi connectivity index (χ2v) is 4.67. The van der Waals surface area contributed by atoms with Gasteiger partial charge in [0.1, 0.15) is 17.0 Å². The van der Waals surface area contributed by atoms with Gasteiger partial charge >= 0.3 is 0 Å². The zero-order valence-corrected chi connectivity index (χ0v) is 11.2. The molecule has 0 radical (unpaired) electrons. The van der Waals surface area contributed by atoms with E-state index >= 15 is 0 Å². The predicted octanol–water partition coefficient (Wildman–Crippen LogP) is 4.04. The summed E-state index contributed by atoms with van der Waals surface area (Å²) in [5.74, 6) is -2.10. The summed E-state index contributed by atoms with van der Waals surface area (Å²) in [6.07, 6.45) is 0. The van der Waals surface area contributed by atoms with Crippen molar-refractivity contribution in [2.45, 2.75) is 5.38 Å². The van der Waals surface area contributed by atoms with Crippen LogP contribution >= 0.6 is 11.6 Å². The summed E-state index contributed by atoms with van der Waals surface area (Å²) < 4.78 is 26.1. The van der Waals surface area contributed by atoms with Gasteiger partial charge in [0.15, 0.2) is 5.78 Å². The maximum Gasteiger partial charge on any atom is 0.273 e. The molecule has 2 aromatic rings. The van der Waals surface area contributed by atoms with E-state index in [9.17, 15) is 23.7 Å². The van der Waals surface area contributed by atoms with Gasteiger partial charge in [-0.15, -0.1) is 11.6 Å². The van der Waals surface area contributed by atoms with Gasteiger partial charge in [-0.25, -0.2) is 8.78 Å². The molecule has 7 heteroatoms. The number of nitrogens with zero attached hydrogens (tertiary/aromatic N) is 1. The lowest BCUT2D eigenvalue weighted by molar-refractivity contribution is -0.385. The van der Waals surface area contributed by atoms with E-state index in [0.717, 1.165) is 24.3 Å². The Hall–Kier alpha value is -2.34. The Labute approximate surface area is 123 Å². The minimum atomic E-state index is -1.19. The fourth-order valence-electron chi connectivity index (χ4n) is 1.75. The number of non-ortho nitro benzene ring substituents is 1. The number of ketones is 1. The van der Waals surface area contributed by atoms with Crippen molar-refractivity contribution in [2.24, 2.45) is 0 Å². The first-order valence-corrected chi connectivity index (χ1v) is 6.21. The van der Waals surface area contributed by atoms with Gasteiger partial charge in [0.25, 0.3) is 5.69 Å². The monoisotopic (exact) mass is 311 g/mol. The highest BCUT2D eigenvalue weighted by Gasteiger charge is 2.22. The first-order valence-electron chi connectivity index (χ1n) is 5.77. The van der Waals surface area contributed by atoms with E-state index in [2.05, 4.69) is 0 Å². The smallest absolute Gasteiger partial charge is 0.273 e. The number of rotatable bonds is 4. The number of halogens is 3. The molecule has 0 aliphatic heterocycles. The summed E-state index contributed by atoms with van der Waals surface area (Å²) in [5.41, 5.74) is -0.442. The minimum absolute atomic E-state index is 0.217. The highest BCUT2D eigenvalue weighted by Crippen LogP contribution is 2.27. The molecular weight excluding hydrogens is 304 g/mol. The molecule has 0 bridgehead atoms. The van der Waals surface area contributed by atoms with Gasteiger partial charge in [0.2, 0.25) is 0 Å². The van der Waals surface area contributed by atoms with Crippen molar-refractivity contribution in [1.82, 2.24) is 0 Å². The zero-order valence-electron chi connectivity index (χ0n) is 10.4. The lowest BCUT2D eigenvalue weighted by atomic mass is 10.0. The van der Waals surface area contributed by atoms with Gasteiger partial charge in [-0.2, -0.15) is 0 Å². The molecular formula is C14H8ClF2NO3. The van der Waals surface area contributed by atoms with E-state index in [-0.39, 0.29) is 5.56 Å². The summed E-state index contributed by atoms with van der Waals surface area (Å²) in [5, 5.41) is 9.47. The van der Waals surface area contributed by atoms with Crippen LogP contribution in [0.2, 0.25) is 0 Å². The Morgan fingerprint density at radius 1 is 1.10 bits per heavy atom. The summed E-state index contributed by atoms with van der Waals surface area (Å²) in [4.78, 5) is 22.0. The molecule has 0 saturated heterocycles. The molecule has 2 aromatic carbocycles. The van der Waals surface area contributed by atoms with E-state index in [1.807, 2.05) is 0 Å². The first kappa shape index (κ1) is 15.1. The summed E-state index contributed by atoms with van der Waals surface area (Å²) in [6.45, 7) is 0. The van der Waals surface area contributed by atoms with Crippen LogP contribution in [0.4, 0.5) is 14.5 Å². The quantitative estimate of drug-likeness (QED) is 0.370. The number of hydrogen-bond donors (Lipinski definition) is 0. The van der Waals surface area contributed by atoms with Crippen molar-refractivity contribution in [3.63, 3.8) is 0 Å². The second kappa shape index (κ2) is 5.97. The van der Waals surface area contributed by atoms with Crippen molar-refractivity contribution in [3.8, 4) is 0 Å². The molecule has 4 nitrogen and oxygen atoms in total. The van der Waals surface area contributed by atoms with Crippen molar-refractivity contribution in [3.05, 3.63) is 75.3 Å². The fraction of sp³-hybridized carbons (Fsp3) is 0.0714. The summed E-state index contributed by atoms with van der Waals surface area (Å²) in [7, 11) is 0. The predicted molar refractivity (Wildman–Crippen MR) is 72.4 cm³/mol. The SMILES string of the molecule is O=C(c1cc(F)cc([N+](=O)[O-])c1)C(Cl)c1ccc(F)cc1. The van der Waals surface area contributed by atoms with Crippen LogP contribution in [-0.2, 0) is 0 Å². The number of carbonyl (C=O) groups is 1. The van der Waals surface area contributed by atoms with Gasteiger partial charge < -0.3 is 0 Å². The summed E-state index contributed by atoms with van der Waals surface area (Å²) in [6, 6.07) is 7.42. The van der Waals surface area contributed by atoms with Crippen molar-refractivity contribution in [1.29, 1.82) is 0 Å². The lowest BCUT2D eigenvalue weighted by Gasteiger charge is -2.09. The average molecular weight is 312 g/mol. The van der Waals surface area contributed by atoms with E-state index in [4.69, 9.17) is 11.6 Å². The first-order chi connectivity index (χ1) is 9.88. The number of carbonyl (C=O) groups excluding carboxylic acids is 1. The third kappa shape index (κ3) is 3.41. The van der Waals surface area contributed by atoms with Crippen LogP contribution in [0, 0.1) is 21.7 Å². The van der Waals surface area contributed by atoms with E-state index in [1.165, 1.54) is 12.1 Å². The van der Waals surface area contributed by atoms with Gasteiger partial charge in [-0.3, -0.25) is 14.9 Å². The molecule has 0 saturated carbocycles. The van der Waals surface area contributed by atoms with Crippen molar-refractivity contribution < 1.29 is 18.5 Å². The lowest BCUT2D eigenvalue weighted by Crippen LogP contribution is -2.08. The Bertz CT molecular complexity index is 704. The maximum absolute atomic E-state index is 13.3. The van der Waals surface area contributed by atoms with Crippen LogP contribution in [0.25, 0.3) is 0 Å². The zero-order chi connectivity index (χ0) is 15.6. The molecule has 0 heterocycles. The molecule has 0 fully saturated rings. The number of benzene rings is 2. The van der Waals surface area contributed by atoms with Crippen molar-refractivity contribution in [2.75, 3.05) is 0 Å². The Morgan fingerprint density at radius 3 is 2.29 bits per heavy atom. The molecule has 1 unspecified atom stereocenters. The Kier molecular flexibility index (Phi) is 4.28. The Morgan fingerprint density at radius 2 is 1.71 bits per heavy atom. The number of nitro benzene ring substituents is 1. The van der Waals surface area contributed by atoms with Gasteiger partial charge in [-0.1, -0.05) is 12.1 Å². The minimum Gasteiger partial charge on any atom is -0.292 e. The van der Waals surface area contributed by atoms with Crippen LogP contribution in [0.15, 0.2) is 42.5 Å². The normalized spacial score (nSPS) is 12.0. The van der Waals surface area contributed by atoms with E-state index in [0.29, 0.717) is 11.6 Å². The molecule has 0 spiro atoms. The fourth-order valence-corrected chi connectivity index (χ4v) is 2.02. The third-order valence-electron chi connectivity index (χ3n) is 2.77. The molecule has 0 aliphatic rings. The second-order valence-electron chi connectivity index (χ2n) is 4.23. The molecule has 1 atom stereocenters. The maximum atomic E-state index is 13.3. The van der Waals surface area contributed by atoms with E-state index < -0.39 is 33.4 Å². The number of nitro groups is 1. The Balaban J connectivity index is 2.35. The van der Waals surface area contributed by atoms with Crippen LogP contribution in [0.1, 0.15) is 21.3 Å². The molecule has 0 aliphatic carbocycles. The van der Waals surface area contributed by atoms with Crippen LogP contribution in [0.3, 0.4) is 0 Å². The van der Waals surface area contributed by atoms with Crippen LogP contribution in [-0.4, -0.2) is 10.7 Å². The average Bonchev–Trinajstić information content (AvgIpc) is 2.45. The molecule has 21 heavy (non-hydrogen) atoms. The topological polar surface area (TPSA) is 60.2 Å². The third-order valence-corrected chi connectivity index (χ3v) is 3.22. The molecule has 0 amide bonds. The number of Topliss-reactive ketones (excluding diaryl/α,β-unsaturated/α-hetero) is 1. The van der Waals surface area contributed by atoms with Gasteiger partial charge in [-0.05, 0) is 23.8 Å². The van der Waals surface area contributed by atoms with Crippen molar-refractivity contribution >= 4 is 23.1 Å². The van der Waals surface area contributed by atoms with E-state index in [1.54, 1.807) is 0 Å².